The number of nitrogens with zero attached hydrogens (tertiary/aromatic N) is 2. The van der Waals surface area contributed by atoms with Crippen molar-refractivity contribution in [3.63, 3.8) is 0 Å². The lowest BCUT2D eigenvalue weighted by Gasteiger charge is -2.28. The summed E-state index contributed by atoms with van der Waals surface area (Å²) in [5.74, 6) is -0.0287. The van der Waals surface area contributed by atoms with E-state index in [1.165, 1.54) is 24.9 Å². The van der Waals surface area contributed by atoms with Gasteiger partial charge in [-0.25, -0.2) is 0 Å². The highest BCUT2D eigenvalue weighted by Gasteiger charge is 2.10. The molecule has 126 valence electrons. The first-order chi connectivity index (χ1) is 11.8. The average molecular weight is 324 g/mol. The quantitative estimate of drug-likeness (QED) is 0.858. The normalized spacial score (nSPS) is 14.2. The molecule has 5 nitrogen and oxygen atoms in total. The number of rotatable bonds is 6. The van der Waals surface area contributed by atoms with E-state index in [0.717, 1.165) is 24.3 Å². The van der Waals surface area contributed by atoms with E-state index < -0.39 is 0 Å². The van der Waals surface area contributed by atoms with Crippen LogP contribution >= 0.6 is 0 Å². The van der Waals surface area contributed by atoms with E-state index >= 15 is 0 Å². The molecule has 1 fully saturated rings. The molecular weight excluding hydrogens is 300 g/mol. The van der Waals surface area contributed by atoms with Crippen molar-refractivity contribution < 1.29 is 4.79 Å². The first kappa shape index (κ1) is 16.3. The van der Waals surface area contributed by atoms with Gasteiger partial charge in [-0.3, -0.25) is 9.78 Å². The first-order valence-corrected chi connectivity index (χ1v) is 8.56. The van der Waals surface area contributed by atoms with Crippen molar-refractivity contribution in [2.45, 2.75) is 25.8 Å². The molecule has 0 radical (unpaired) electrons. The minimum Gasteiger partial charge on any atom is -0.376 e. The Kier molecular flexibility index (Phi) is 5.66. The summed E-state index contributed by atoms with van der Waals surface area (Å²) < 4.78 is 0. The maximum atomic E-state index is 11.9. The smallest absolute Gasteiger partial charge is 0.239 e. The third-order valence-corrected chi connectivity index (χ3v) is 4.25. The Hall–Kier alpha value is -2.56. The molecule has 2 heterocycles. The molecule has 1 aliphatic rings. The topological polar surface area (TPSA) is 57.3 Å². The van der Waals surface area contributed by atoms with Crippen LogP contribution in [0.4, 0.5) is 11.4 Å². The van der Waals surface area contributed by atoms with Gasteiger partial charge in [-0.05, 0) is 55.2 Å². The number of amides is 1. The van der Waals surface area contributed by atoms with Crippen LogP contribution in [0.25, 0.3) is 0 Å². The fourth-order valence-electron chi connectivity index (χ4n) is 2.89. The minimum absolute atomic E-state index is 0.0287. The Bertz CT molecular complexity index is 636. The van der Waals surface area contributed by atoms with Gasteiger partial charge >= 0.3 is 0 Å². The number of carbonyl (C=O) groups is 1. The number of nitrogens with one attached hydrogen (secondary N) is 2. The van der Waals surface area contributed by atoms with Crippen molar-refractivity contribution in [2.24, 2.45) is 0 Å². The molecular formula is C19H24N4O. The summed E-state index contributed by atoms with van der Waals surface area (Å²) in [6.07, 6.45) is 7.37. The molecule has 1 saturated heterocycles. The number of pyridine rings is 1. The second-order valence-electron chi connectivity index (χ2n) is 6.09. The molecule has 1 aromatic carbocycles. The molecule has 2 aromatic rings. The number of carbonyl (C=O) groups excluding carboxylic acids is 1. The fraction of sp³-hybridized carbons (Fsp3) is 0.368. The molecule has 1 aliphatic heterocycles. The van der Waals surface area contributed by atoms with E-state index in [0.29, 0.717) is 6.54 Å². The molecule has 5 heteroatoms. The molecule has 2 N–H and O–H groups in total. The molecule has 0 unspecified atom stereocenters. The summed E-state index contributed by atoms with van der Waals surface area (Å²) in [7, 11) is 0. The van der Waals surface area contributed by atoms with Gasteiger partial charge in [-0.15, -0.1) is 0 Å². The van der Waals surface area contributed by atoms with Gasteiger partial charge < -0.3 is 15.5 Å². The number of aromatic nitrogens is 1. The van der Waals surface area contributed by atoms with Crippen LogP contribution in [-0.4, -0.2) is 30.5 Å². The Balaban J connectivity index is 1.43. The zero-order valence-corrected chi connectivity index (χ0v) is 13.9. The summed E-state index contributed by atoms with van der Waals surface area (Å²) in [5, 5.41) is 6.05. The van der Waals surface area contributed by atoms with Crippen LogP contribution < -0.4 is 15.5 Å². The van der Waals surface area contributed by atoms with Gasteiger partial charge in [0.1, 0.15) is 0 Å². The van der Waals surface area contributed by atoms with E-state index in [1.54, 1.807) is 12.4 Å². The molecule has 0 saturated carbocycles. The van der Waals surface area contributed by atoms with Gasteiger partial charge in [-0.2, -0.15) is 0 Å². The Morgan fingerprint density at radius 2 is 1.88 bits per heavy atom. The zero-order chi connectivity index (χ0) is 16.6. The fourth-order valence-corrected chi connectivity index (χ4v) is 2.89. The molecule has 3 rings (SSSR count). The summed E-state index contributed by atoms with van der Waals surface area (Å²) >= 11 is 0. The summed E-state index contributed by atoms with van der Waals surface area (Å²) in [5.41, 5.74) is 3.23. The average Bonchev–Trinajstić information content (AvgIpc) is 2.67. The summed E-state index contributed by atoms with van der Waals surface area (Å²) in [4.78, 5) is 18.4. The van der Waals surface area contributed by atoms with E-state index in [4.69, 9.17) is 0 Å². The van der Waals surface area contributed by atoms with Crippen LogP contribution in [-0.2, 0) is 11.3 Å². The lowest BCUT2D eigenvalue weighted by Crippen LogP contribution is -2.30. The van der Waals surface area contributed by atoms with Crippen LogP contribution in [0.5, 0.6) is 0 Å². The second-order valence-corrected chi connectivity index (χ2v) is 6.09. The van der Waals surface area contributed by atoms with E-state index in [2.05, 4.69) is 32.7 Å². The SMILES string of the molecule is O=C(CNc1ccc(N2CCCCC2)cc1)NCc1cccnc1. The maximum absolute atomic E-state index is 11.9. The van der Waals surface area contributed by atoms with Gasteiger partial charge in [0.05, 0.1) is 6.54 Å². The Labute approximate surface area is 143 Å². The highest BCUT2D eigenvalue weighted by molar-refractivity contribution is 5.80. The maximum Gasteiger partial charge on any atom is 0.239 e. The lowest BCUT2D eigenvalue weighted by molar-refractivity contribution is -0.119. The van der Waals surface area contributed by atoms with Gasteiger partial charge in [0.2, 0.25) is 5.91 Å². The van der Waals surface area contributed by atoms with Crippen molar-refractivity contribution in [3.05, 3.63) is 54.4 Å². The molecule has 0 bridgehead atoms. The monoisotopic (exact) mass is 324 g/mol. The van der Waals surface area contributed by atoms with Crippen molar-refractivity contribution in [1.29, 1.82) is 0 Å². The number of anilines is 2. The largest absolute Gasteiger partial charge is 0.376 e. The van der Waals surface area contributed by atoms with Crippen molar-refractivity contribution >= 4 is 17.3 Å². The Morgan fingerprint density at radius 3 is 2.58 bits per heavy atom. The third-order valence-electron chi connectivity index (χ3n) is 4.25. The van der Waals surface area contributed by atoms with Gasteiger partial charge in [0, 0.05) is 43.4 Å². The molecule has 0 atom stereocenters. The van der Waals surface area contributed by atoms with Gasteiger partial charge in [0.25, 0.3) is 0 Å². The van der Waals surface area contributed by atoms with E-state index in [9.17, 15) is 4.79 Å². The lowest BCUT2D eigenvalue weighted by atomic mass is 10.1. The zero-order valence-electron chi connectivity index (χ0n) is 13.9. The van der Waals surface area contributed by atoms with Crippen molar-refractivity contribution in [3.8, 4) is 0 Å². The molecule has 0 spiro atoms. The van der Waals surface area contributed by atoms with Crippen molar-refractivity contribution in [1.82, 2.24) is 10.3 Å². The molecule has 0 aliphatic carbocycles. The van der Waals surface area contributed by atoms with Crippen LogP contribution in [0.1, 0.15) is 24.8 Å². The number of hydrogen-bond donors (Lipinski definition) is 2. The first-order valence-electron chi connectivity index (χ1n) is 8.56. The molecule has 1 aromatic heterocycles. The highest BCUT2D eigenvalue weighted by atomic mass is 16.1. The third kappa shape index (κ3) is 4.72. The van der Waals surface area contributed by atoms with Gasteiger partial charge in [-0.1, -0.05) is 6.07 Å². The predicted molar refractivity (Wildman–Crippen MR) is 97.1 cm³/mol. The summed E-state index contributed by atoms with van der Waals surface area (Å²) in [6.45, 7) is 3.05. The van der Waals surface area contributed by atoms with Crippen LogP contribution in [0.3, 0.4) is 0 Å². The highest BCUT2D eigenvalue weighted by Crippen LogP contribution is 2.21. The second kappa shape index (κ2) is 8.34. The van der Waals surface area contributed by atoms with Crippen LogP contribution in [0, 0.1) is 0 Å². The van der Waals surface area contributed by atoms with E-state index in [1.807, 2.05) is 24.3 Å². The van der Waals surface area contributed by atoms with Crippen LogP contribution in [0.15, 0.2) is 48.8 Å². The van der Waals surface area contributed by atoms with Crippen LogP contribution in [0.2, 0.25) is 0 Å². The summed E-state index contributed by atoms with van der Waals surface area (Å²) in [6, 6.07) is 12.1. The van der Waals surface area contributed by atoms with Gasteiger partial charge in [0.15, 0.2) is 0 Å². The number of benzene rings is 1. The van der Waals surface area contributed by atoms with Crippen molar-refractivity contribution in [2.75, 3.05) is 29.9 Å². The predicted octanol–water partition coefficient (Wildman–Crippen LogP) is 2.80. The molecule has 1 amide bonds. The standard InChI is InChI=1S/C19H24N4O/c24-19(22-14-16-5-4-10-20-13-16)15-21-17-6-8-18(9-7-17)23-11-2-1-3-12-23/h4-10,13,21H,1-3,11-12,14-15H2,(H,22,24). The number of piperidine rings is 1. The number of hydrogen-bond acceptors (Lipinski definition) is 4. The Morgan fingerprint density at radius 1 is 1.08 bits per heavy atom. The molecule has 24 heavy (non-hydrogen) atoms. The van der Waals surface area contributed by atoms with E-state index in [-0.39, 0.29) is 12.5 Å². The minimum atomic E-state index is -0.0287.